The maximum absolute atomic E-state index is 12.4. The molecule has 1 aliphatic rings. The maximum Gasteiger partial charge on any atom is 0.245 e. The zero-order valence-electron chi connectivity index (χ0n) is 9.40. The van der Waals surface area contributed by atoms with Crippen LogP contribution in [0.4, 0.5) is 0 Å². The van der Waals surface area contributed by atoms with E-state index in [1.165, 1.54) is 10.4 Å². The van der Waals surface area contributed by atoms with Gasteiger partial charge in [0, 0.05) is 19.0 Å². The van der Waals surface area contributed by atoms with Gasteiger partial charge in [-0.25, -0.2) is 8.42 Å². The summed E-state index contributed by atoms with van der Waals surface area (Å²) in [5.41, 5.74) is 0. The van der Waals surface area contributed by atoms with Gasteiger partial charge in [0.1, 0.15) is 9.23 Å². The van der Waals surface area contributed by atoms with Crippen LogP contribution in [0, 0.1) is 5.92 Å². The van der Waals surface area contributed by atoms with Gasteiger partial charge in [-0.3, -0.25) is 0 Å². The third-order valence-corrected chi connectivity index (χ3v) is 6.85. The average molecular weight is 349 g/mol. The molecule has 2 rings (SSSR count). The van der Waals surface area contributed by atoms with E-state index in [1.807, 2.05) is 0 Å². The maximum atomic E-state index is 12.4. The van der Waals surface area contributed by atoms with Crippen LogP contribution in [0.15, 0.2) is 11.0 Å². The second-order valence-corrected chi connectivity index (χ2v) is 8.75. The molecule has 0 aromatic carbocycles. The SMILES string of the molecule is O=S(=O)(c1cc(Cl)sc1Cl)N1CCC(CCCl)C1. The van der Waals surface area contributed by atoms with E-state index in [1.54, 1.807) is 0 Å². The minimum absolute atomic E-state index is 0.116. The first-order valence-corrected chi connectivity index (χ1v) is 9.01. The van der Waals surface area contributed by atoms with Crippen molar-refractivity contribution in [2.24, 2.45) is 5.92 Å². The number of halogens is 3. The second kappa shape index (κ2) is 5.85. The molecule has 1 saturated heterocycles. The molecule has 1 aliphatic heterocycles. The van der Waals surface area contributed by atoms with Crippen molar-refractivity contribution in [1.29, 1.82) is 0 Å². The van der Waals surface area contributed by atoms with Gasteiger partial charge in [-0.15, -0.1) is 22.9 Å². The standard InChI is InChI=1S/C10H12Cl3NO2S2/c11-3-1-7-2-4-14(6-7)18(15,16)8-5-9(12)17-10(8)13/h5,7H,1-4,6H2. The van der Waals surface area contributed by atoms with Gasteiger partial charge in [-0.05, 0) is 24.8 Å². The van der Waals surface area contributed by atoms with E-state index < -0.39 is 10.0 Å². The van der Waals surface area contributed by atoms with Crippen LogP contribution in [0.25, 0.3) is 0 Å². The number of sulfonamides is 1. The number of hydrogen-bond acceptors (Lipinski definition) is 3. The van der Waals surface area contributed by atoms with Crippen LogP contribution in [0.5, 0.6) is 0 Å². The summed E-state index contributed by atoms with van der Waals surface area (Å²) in [6.45, 7) is 1.03. The van der Waals surface area contributed by atoms with Gasteiger partial charge in [0.15, 0.2) is 0 Å². The van der Waals surface area contributed by atoms with Gasteiger partial charge < -0.3 is 0 Å². The Hall–Kier alpha value is 0.480. The Morgan fingerprint density at radius 2 is 2.17 bits per heavy atom. The van der Waals surface area contributed by atoms with Crippen LogP contribution >= 0.6 is 46.1 Å². The molecule has 1 aromatic heterocycles. The first-order valence-electron chi connectivity index (χ1n) is 5.46. The summed E-state index contributed by atoms with van der Waals surface area (Å²) in [5, 5.41) is 0. The molecule has 1 atom stereocenters. The fraction of sp³-hybridized carbons (Fsp3) is 0.600. The fourth-order valence-electron chi connectivity index (χ4n) is 2.05. The smallest absolute Gasteiger partial charge is 0.207 e. The fourth-order valence-corrected chi connectivity index (χ4v) is 6.00. The lowest BCUT2D eigenvalue weighted by molar-refractivity contribution is 0.454. The molecule has 3 nitrogen and oxygen atoms in total. The van der Waals surface area contributed by atoms with E-state index in [0.29, 0.717) is 29.2 Å². The first kappa shape index (κ1) is 14.9. The highest BCUT2D eigenvalue weighted by molar-refractivity contribution is 7.89. The van der Waals surface area contributed by atoms with E-state index in [0.717, 1.165) is 24.2 Å². The number of rotatable bonds is 4. The Balaban J connectivity index is 2.20. The quantitative estimate of drug-likeness (QED) is 0.778. The predicted octanol–water partition coefficient (Wildman–Crippen LogP) is 3.69. The summed E-state index contributed by atoms with van der Waals surface area (Å²) in [6.07, 6.45) is 1.69. The molecule has 1 unspecified atom stereocenters. The van der Waals surface area contributed by atoms with Crippen molar-refractivity contribution in [3.8, 4) is 0 Å². The zero-order valence-corrected chi connectivity index (χ0v) is 13.3. The van der Waals surface area contributed by atoms with Crippen molar-refractivity contribution in [2.45, 2.75) is 17.7 Å². The Labute approximate surface area is 126 Å². The summed E-state index contributed by atoms with van der Waals surface area (Å²) >= 11 is 18.5. The highest BCUT2D eigenvalue weighted by Gasteiger charge is 2.34. The summed E-state index contributed by atoms with van der Waals surface area (Å²) in [5.74, 6) is 0.897. The number of nitrogens with zero attached hydrogens (tertiary/aromatic N) is 1. The van der Waals surface area contributed by atoms with Gasteiger partial charge >= 0.3 is 0 Å². The molecular formula is C10H12Cl3NO2S2. The van der Waals surface area contributed by atoms with Gasteiger partial charge in [0.25, 0.3) is 0 Å². The van der Waals surface area contributed by atoms with Gasteiger partial charge in [0.2, 0.25) is 10.0 Å². The molecule has 0 N–H and O–H groups in total. The highest BCUT2D eigenvalue weighted by atomic mass is 35.5. The second-order valence-electron chi connectivity index (χ2n) is 4.18. The van der Waals surface area contributed by atoms with Gasteiger partial charge in [0.05, 0.1) is 4.34 Å². The molecular weight excluding hydrogens is 337 g/mol. The van der Waals surface area contributed by atoms with Crippen molar-refractivity contribution in [1.82, 2.24) is 4.31 Å². The monoisotopic (exact) mass is 347 g/mol. The predicted molar refractivity (Wildman–Crippen MR) is 76.5 cm³/mol. The molecule has 0 spiro atoms. The summed E-state index contributed by atoms with van der Waals surface area (Å²) < 4.78 is 26.8. The molecule has 2 heterocycles. The highest BCUT2D eigenvalue weighted by Crippen LogP contribution is 2.37. The molecule has 0 amide bonds. The largest absolute Gasteiger partial charge is 0.245 e. The third-order valence-electron chi connectivity index (χ3n) is 3.01. The molecule has 102 valence electrons. The summed E-state index contributed by atoms with van der Waals surface area (Å²) in [6, 6.07) is 1.42. The average Bonchev–Trinajstić information content (AvgIpc) is 2.86. The molecule has 0 bridgehead atoms. The van der Waals surface area contributed by atoms with Gasteiger partial charge in [-0.1, -0.05) is 23.2 Å². The van der Waals surface area contributed by atoms with E-state index in [-0.39, 0.29) is 9.23 Å². The van der Waals surface area contributed by atoms with E-state index in [9.17, 15) is 8.42 Å². The first-order chi connectivity index (χ1) is 8.45. The van der Waals surface area contributed by atoms with Crippen LogP contribution in [-0.4, -0.2) is 31.7 Å². The molecule has 18 heavy (non-hydrogen) atoms. The normalized spacial score (nSPS) is 21.6. The van der Waals surface area contributed by atoms with E-state index in [4.69, 9.17) is 34.8 Å². The van der Waals surface area contributed by atoms with Gasteiger partial charge in [-0.2, -0.15) is 4.31 Å². The summed E-state index contributed by atoms with van der Waals surface area (Å²) in [7, 11) is -3.52. The van der Waals surface area contributed by atoms with Crippen molar-refractivity contribution in [2.75, 3.05) is 19.0 Å². The van der Waals surface area contributed by atoms with E-state index in [2.05, 4.69) is 0 Å². The Morgan fingerprint density at radius 3 is 2.72 bits per heavy atom. The van der Waals surface area contributed by atoms with Crippen molar-refractivity contribution in [3.63, 3.8) is 0 Å². The van der Waals surface area contributed by atoms with Crippen LogP contribution in [0.3, 0.4) is 0 Å². The number of alkyl halides is 1. The van der Waals surface area contributed by atoms with Crippen LogP contribution in [0.2, 0.25) is 8.67 Å². The molecule has 0 saturated carbocycles. The van der Waals surface area contributed by atoms with Crippen molar-refractivity contribution in [3.05, 3.63) is 14.7 Å². The Bertz CT molecular complexity index is 529. The molecule has 8 heteroatoms. The lowest BCUT2D eigenvalue weighted by Crippen LogP contribution is -2.28. The summed E-state index contributed by atoms with van der Waals surface area (Å²) in [4.78, 5) is 0.116. The van der Waals surface area contributed by atoms with E-state index >= 15 is 0 Å². The zero-order chi connectivity index (χ0) is 13.3. The number of thiophene rings is 1. The molecule has 1 fully saturated rings. The molecule has 0 radical (unpaired) electrons. The molecule has 1 aromatic rings. The Morgan fingerprint density at radius 1 is 1.44 bits per heavy atom. The minimum Gasteiger partial charge on any atom is -0.207 e. The number of hydrogen-bond donors (Lipinski definition) is 0. The molecule has 0 aliphatic carbocycles. The van der Waals surface area contributed by atoms with Crippen LogP contribution in [-0.2, 0) is 10.0 Å². The van der Waals surface area contributed by atoms with Crippen molar-refractivity contribution >= 4 is 56.2 Å². The van der Waals surface area contributed by atoms with Crippen LogP contribution < -0.4 is 0 Å². The third kappa shape index (κ3) is 2.97. The van der Waals surface area contributed by atoms with Crippen LogP contribution in [0.1, 0.15) is 12.8 Å². The lowest BCUT2D eigenvalue weighted by Gasteiger charge is -2.15. The minimum atomic E-state index is -3.52. The lowest BCUT2D eigenvalue weighted by atomic mass is 10.1. The topological polar surface area (TPSA) is 37.4 Å². The van der Waals surface area contributed by atoms with Crippen molar-refractivity contribution < 1.29 is 8.42 Å². The Kier molecular flexibility index (Phi) is 4.84.